The minimum absolute atomic E-state index is 0.273. The number of likely N-dealkylation sites (tertiary alicyclic amines) is 1. The first kappa shape index (κ1) is 30.3. The van der Waals surface area contributed by atoms with Gasteiger partial charge in [-0.2, -0.15) is 0 Å². The van der Waals surface area contributed by atoms with Gasteiger partial charge in [-0.1, -0.05) is 27.6 Å². The minimum Gasteiger partial charge on any atom is -0.491 e. The lowest BCUT2D eigenvalue weighted by molar-refractivity contribution is -0.112. The second-order valence-corrected chi connectivity index (χ2v) is 11.6. The molecule has 0 spiro atoms. The number of rotatable bonds is 9. The number of amides is 2. The van der Waals surface area contributed by atoms with Gasteiger partial charge in [-0.3, -0.25) is 4.79 Å². The molecular formula is C30H36BrN5O5. The van der Waals surface area contributed by atoms with Crippen molar-refractivity contribution in [1.29, 1.82) is 0 Å². The van der Waals surface area contributed by atoms with Gasteiger partial charge in [0.25, 0.3) is 0 Å². The van der Waals surface area contributed by atoms with E-state index in [4.69, 9.17) is 14.2 Å². The lowest BCUT2D eigenvalue weighted by Gasteiger charge is -2.30. The fourth-order valence-corrected chi connectivity index (χ4v) is 4.69. The van der Waals surface area contributed by atoms with E-state index < -0.39 is 5.60 Å². The van der Waals surface area contributed by atoms with Crippen molar-refractivity contribution in [2.45, 2.75) is 45.6 Å². The second-order valence-electron chi connectivity index (χ2n) is 10.7. The Morgan fingerprint density at radius 2 is 1.88 bits per heavy atom. The van der Waals surface area contributed by atoms with E-state index in [-0.39, 0.29) is 12.0 Å². The third-order valence-electron chi connectivity index (χ3n) is 6.22. The van der Waals surface area contributed by atoms with E-state index in [0.29, 0.717) is 68.3 Å². The quantitative estimate of drug-likeness (QED) is 0.206. The molecule has 1 aliphatic rings. The van der Waals surface area contributed by atoms with E-state index in [0.717, 1.165) is 21.1 Å². The molecule has 0 bridgehead atoms. The molecule has 10 nitrogen and oxygen atoms in total. The maximum absolute atomic E-state index is 13.1. The molecule has 4 rings (SSSR count). The van der Waals surface area contributed by atoms with Crippen molar-refractivity contribution < 1.29 is 23.8 Å². The molecule has 0 unspecified atom stereocenters. The molecule has 11 heteroatoms. The average molecular weight is 627 g/mol. The van der Waals surface area contributed by atoms with Gasteiger partial charge in [-0.05, 0) is 57.9 Å². The summed E-state index contributed by atoms with van der Waals surface area (Å²) < 4.78 is 17.6. The maximum atomic E-state index is 13.1. The van der Waals surface area contributed by atoms with Crippen LogP contribution in [0.25, 0.3) is 10.9 Å². The summed E-state index contributed by atoms with van der Waals surface area (Å²) in [5.74, 6) is 0.833. The SMILES string of the molecule is COCCCOc1cc2ncnc(Nc3cccc(Br)c3)c2cc1NC(=O)C=C1CCN(C(=O)OC(C)(C)C)CC1. The molecule has 2 amide bonds. The predicted molar refractivity (Wildman–Crippen MR) is 163 cm³/mol. The Kier molecular flexibility index (Phi) is 10.2. The molecule has 2 N–H and O–H groups in total. The zero-order valence-corrected chi connectivity index (χ0v) is 25.4. The zero-order chi connectivity index (χ0) is 29.4. The molecule has 0 aliphatic carbocycles. The van der Waals surface area contributed by atoms with Crippen LogP contribution in [-0.2, 0) is 14.3 Å². The molecule has 1 fully saturated rings. The molecule has 218 valence electrons. The zero-order valence-electron chi connectivity index (χ0n) is 23.8. The molecule has 1 aromatic heterocycles. The topological polar surface area (TPSA) is 115 Å². The Balaban J connectivity index is 1.53. The molecule has 0 saturated carbocycles. The molecule has 0 radical (unpaired) electrons. The fourth-order valence-electron chi connectivity index (χ4n) is 4.29. The molecule has 1 saturated heterocycles. The Bertz CT molecular complexity index is 1410. The van der Waals surface area contributed by atoms with E-state index in [2.05, 4.69) is 36.5 Å². The van der Waals surface area contributed by atoms with E-state index in [1.807, 2.05) is 51.1 Å². The van der Waals surface area contributed by atoms with Gasteiger partial charge in [-0.15, -0.1) is 0 Å². The number of halogens is 1. The molecule has 41 heavy (non-hydrogen) atoms. The number of piperidine rings is 1. The highest BCUT2D eigenvalue weighted by Crippen LogP contribution is 2.34. The third-order valence-corrected chi connectivity index (χ3v) is 6.72. The number of benzene rings is 2. The third kappa shape index (κ3) is 8.89. The Labute approximate surface area is 248 Å². The van der Waals surface area contributed by atoms with Crippen molar-refractivity contribution in [1.82, 2.24) is 14.9 Å². The summed E-state index contributed by atoms with van der Waals surface area (Å²) in [7, 11) is 1.64. The first-order chi connectivity index (χ1) is 19.6. The van der Waals surface area contributed by atoms with Crippen molar-refractivity contribution in [3.8, 4) is 5.75 Å². The van der Waals surface area contributed by atoms with Crippen LogP contribution in [0.3, 0.4) is 0 Å². The highest BCUT2D eigenvalue weighted by atomic mass is 79.9. The molecule has 1 aliphatic heterocycles. The van der Waals surface area contributed by atoms with Gasteiger partial charge in [0.1, 0.15) is 23.5 Å². The van der Waals surface area contributed by atoms with E-state index >= 15 is 0 Å². The number of hydrogen-bond acceptors (Lipinski definition) is 8. The maximum Gasteiger partial charge on any atom is 0.410 e. The number of nitrogens with one attached hydrogen (secondary N) is 2. The lowest BCUT2D eigenvalue weighted by Crippen LogP contribution is -2.40. The van der Waals surface area contributed by atoms with E-state index in [9.17, 15) is 9.59 Å². The van der Waals surface area contributed by atoms with Crippen molar-refractivity contribution >= 4 is 56.0 Å². The summed E-state index contributed by atoms with van der Waals surface area (Å²) in [4.78, 5) is 36.1. The molecule has 3 aromatic rings. The van der Waals surface area contributed by atoms with Gasteiger partial charge in [0.05, 0.1) is 17.8 Å². The number of fused-ring (bicyclic) bond motifs is 1. The van der Waals surface area contributed by atoms with Crippen molar-refractivity contribution in [2.24, 2.45) is 0 Å². The van der Waals surface area contributed by atoms with Crippen LogP contribution in [0.4, 0.5) is 22.0 Å². The Morgan fingerprint density at radius 1 is 1.10 bits per heavy atom. The highest BCUT2D eigenvalue weighted by Gasteiger charge is 2.25. The van der Waals surface area contributed by atoms with Crippen molar-refractivity contribution in [3.63, 3.8) is 0 Å². The summed E-state index contributed by atoms with van der Waals surface area (Å²) in [6, 6.07) is 11.4. The Morgan fingerprint density at radius 3 is 2.59 bits per heavy atom. The minimum atomic E-state index is -0.547. The molecule has 0 atom stereocenters. The number of anilines is 3. The van der Waals surface area contributed by atoms with Crippen LogP contribution >= 0.6 is 15.9 Å². The normalized spacial score (nSPS) is 13.6. The van der Waals surface area contributed by atoms with Crippen LogP contribution in [-0.4, -0.2) is 65.9 Å². The molecule has 2 heterocycles. The standard InChI is InChI=1S/C30H36BrN5O5/c1-30(2,3)41-29(38)36-11-9-20(10-12-36)15-27(37)35-25-17-23-24(18-26(25)40-14-6-13-39-4)32-19-33-28(23)34-22-8-5-7-21(31)16-22/h5,7-8,15-19H,6,9-14H2,1-4H3,(H,35,37)(H,32,33,34). The van der Waals surface area contributed by atoms with Gasteiger partial charge in [0.15, 0.2) is 0 Å². The van der Waals surface area contributed by atoms with E-state index in [1.165, 1.54) is 6.33 Å². The van der Waals surface area contributed by atoms with Crippen LogP contribution in [0.1, 0.15) is 40.0 Å². The van der Waals surface area contributed by atoms with Crippen molar-refractivity contribution in [3.05, 3.63) is 58.8 Å². The van der Waals surface area contributed by atoms with Crippen LogP contribution in [0.2, 0.25) is 0 Å². The summed E-state index contributed by atoms with van der Waals surface area (Å²) in [5.41, 5.74) is 2.45. The predicted octanol–water partition coefficient (Wildman–Crippen LogP) is 6.45. The monoisotopic (exact) mass is 625 g/mol. The number of aromatic nitrogens is 2. The smallest absolute Gasteiger partial charge is 0.410 e. The van der Waals surface area contributed by atoms with Gasteiger partial charge in [-0.25, -0.2) is 14.8 Å². The first-order valence-electron chi connectivity index (χ1n) is 13.5. The number of nitrogens with zero attached hydrogens (tertiary/aromatic N) is 3. The summed E-state index contributed by atoms with van der Waals surface area (Å²) in [5, 5.41) is 7.05. The van der Waals surface area contributed by atoms with Crippen LogP contribution in [0, 0.1) is 0 Å². The van der Waals surface area contributed by atoms with Crippen LogP contribution in [0.15, 0.2) is 58.8 Å². The number of carbonyl (C=O) groups excluding carboxylic acids is 2. The van der Waals surface area contributed by atoms with Gasteiger partial charge in [0.2, 0.25) is 5.91 Å². The molecular weight excluding hydrogens is 590 g/mol. The van der Waals surface area contributed by atoms with Crippen LogP contribution in [0.5, 0.6) is 5.75 Å². The van der Waals surface area contributed by atoms with E-state index in [1.54, 1.807) is 24.2 Å². The first-order valence-corrected chi connectivity index (χ1v) is 14.3. The summed E-state index contributed by atoms with van der Waals surface area (Å²) >= 11 is 3.49. The van der Waals surface area contributed by atoms with Gasteiger partial charge in [0, 0.05) is 60.9 Å². The number of ether oxygens (including phenoxy) is 3. The van der Waals surface area contributed by atoms with Crippen LogP contribution < -0.4 is 15.4 Å². The average Bonchev–Trinajstić information content (AvgIpc) is 2.91. The number of hydrogen-bond donors (Lipinski definition) is 2. The van der Waals surface area contributed by atoms with Crippen molar-refractivity contribution in [2.75, 3.05) is 44.0 Å². The summed E-state index contributed by atoms with van der Waals surface area (Å²) in [6.45, 7) is 7.51. The van der Waals surface area contributed by atoms with Gasteiger partial charge < -0.3 is 29.7 Å². The molecule has 2 aromatic carbocycles. The van der Waals surface area contributed by atoms with Gasteiger partial charge >= 0.3 is 6.09 Å². The number of carbonyl (C=O) groups is 2. The lowest BCUT2D eigenvalue weighted by atomic mass is 10.0. The second kappa shape index (κ2) is 13.8. The largest absolute Gasteiger partial charge is 0.491 e. The fraction of sp³-hybridized carbons (Fsp3) is 0.400. The highest BCUT2D eigenvalue weighted by molar-refractivity contribution is 9.10. The number of methoxy groups -OCH3 is 1. The Hall–Kier alpha value is -3.70. The summed E-state index contributed by atoms with van der Waals surface area (Å²) in [6.07, 6.45) is 4.65.